The Morgan fingerprint density at radius 3 is 2.29 bits per heavy atom. The van der Waals surface area contributed by atoms with Gasteiger partial charge in [-0.3, -0.25) is 0 Å². The molecule has 3 heteroatoms. The second-order valence-corrected chi connectivity index (χ2v) is 7.94. The number of fused-ring (bicyclic) bond motifs is 5. The monoisotopic (exact) mass is 335 g/mol. The van der Waals surface area contributed by atoms with Crippen molar-refractivity contribution in [3.05, 3.63) is 72.3 Å². The lowest BCUT2D eigenvalue weighted by atomic mass is 9.86. The van der Waals surface area contributed by atoms with E-state index in [1.807, 2.05) is 11.8 Å². The molecule has 4 unspecified atom stereocenters. The smallest absolute Gasteiger partial charge is 0.0814 e. The summed E-state index contributed by atoms with van der Waals surface area (Å²) in [6.45, 7) is 2.25. The van der Waals surface area contributed by atoms with Crippen molar-refractivity contribution in [2.45, 2.75) is 22.9 Å². The van der Waals surface area contributed by atoms with Crippen LogP contribution in [0, 0.1) is 11.8 Å². The predicted octanol–water partition coefficient (Wildman–Crippen LogP) is 4.37. The number of para-hydroxylation sites is 1. The van der Waals surface area contributed by atoms with Gasteiger partial charge in [0.1, 0.15) is 0 Å². The fourth-order valence-corrected chi connectivity index (χ4v) is 5.33. The molecule has 3 aliphatic heterocycles. The van der Waals surface area contributed by atoms with Gasteiger partial charge in [-0.2, -0.15) is 0 Å². The van der Waals surface area contributed by atoms with Gasteiger partial charge in [-0.25, -0.2) is 0 Å². The highest BCUT2D eigenvalue weighted by atomic mass is 32.2. The van der Waals surface area contributed by atoms with E-state index >= 15 is 0 Å². The molecule has 3 aliphatic rings. The van der Waals surface area contributed by atoms with Gasteiger partial charge in [0.2, 0.25) is 0 Å². The van der Waals surface area contributed by atoms with Gasteiger partial charge in [-0.1, -0.05) is 54.6 Å². The molecule has 0 N–H and O–H groups in total. The minimum absolute atomic E-state index is 0.356. The van der Waals surface area contributed by atoms with Crippen molar-refractivity contribution in [2.75, 3.05) is 18.0 Å². The van der Waals surface area contributed by atoms with Crippen molar-refractivity contribution >= 4 is 17.4 Å². The molecular weight excluding hydrogens is 314 g/mol. The SMILES string of the molecule is C1=CC2OC1C1CN(c3ccccc3SCc3ccccc3)CC21. The number of nitrogens with zero attached hydrogens (tertiary/aromatic N) is 1. The molecule has 2 aromatic carbocycles. The molecule has 0 aliphatic carbocycles. The lowest BCUT2D eigenvalue weighted by molar-refractivity contribution is 0.100. The fourth-order valence-electron chi connectivity index (χ4n) is 4.30. The standard InChI is InChI=1S/C21H21NOS/c1-2-6-15(7-3-1)14-24-21-9-5-4-8-18(21)22-12-16-17(13-22)20-11-10-19(16)23-20/h1-11,16-17,19-20H,12-14H2. The van der Waals surface area contributed by atoms with Crippen LogP contribution < -0.4 is 4.90 Å². The third-order valence-electron chi connectivity index (χ3n) is 5.50. The maximum absolute atomic E-state index is 6.02. The van der Waals surface area contributed by atoms with Gasteiger partial charge in [-0.05, 0) is 17.7 Å². The maximum atomic E-state index is 6.02. The van der Waals surface area contributed by atoms with Gasteiger partial charge in [-0.15, -0.1) is 11.8 Å². The van der Waals surface area contributed by atoms with Gasteiger partial charge in [0.05, 0.1) is 17.9 Å². The van der Waals surface area contributed by atoms with Crippen LogP contribution in [-0.2, 0) is 10.5 Å². The highest BCUT2D eigenvalue weighted by Gasteiger charge is 2.50. The minimum Gasteiger partial charge on any atom is -0.370 e. The number of rotatable bonds is 4. The molecule has 0 amide bonds. The van der Waals surface area contributed by atoms with Crippen LogP contribution in [0.15, 0.2) is 71.6 Å². The van der Waals surface area contributed by atoms with E-state index in [1.165, 1.54) is 16.1 Å². The Morgan fingerprint density at radius 2 is 1.54 bits per heavy atom. The fraction of sp³-hybridized carbons (Fsp3) is 0.333. The van der Waals surface area contributed by atoms with E-state index in [0.717, 1.165) is 18.8 Å². The van der Waals surface area contributed by atoms with Crippen LogP contribution in [0.4, 0.5) is 5.69 Å². The van der Waals surface area contributed by atoms with E-state index in [-0.39, 0.29) is 0 Å². The van der Waals surface area contributed by atoms with Crippen molar-refractivity contribution in [1.82, 2.24) is 0 Å². The van der Waals surface area contributed by atoms with E-state index in [4.69, 9.17) is 4.74 Å². The molecule has 2 fully saturated rings. The lowest BCUT2D eigenvalue weighted by Crippen LogP contribution is -2.25. The Balaban J connectivity index is 1.34. The van der Waals surface area contributed by atoms with Crippen LogP contribution in [0.25, 0.3) is 0 Å². The number of ether oxygens (including phenoxy) is 1. The Bertz CT molecular complexity index is 739. The summed E-state index contributed by atoms with van der Waals surface area (Å²) in [5, 5.41) is 0. The maximum Gasteiger partial charge on any atom is 0.0814 e. The van der Waals surface area contributed by atoms with Crippen LogP contribution in [-0.4, -0.2) is 25.3 Å². The summed E-state index contributed by atoms with van der Waals surface area (Å²) in [7, 11) is 0. The molecule has 2 aromatic rings. The molecule has 2 bridgehead atoms. The van der Waals surface area contributed by atoms with E-state index in [1.54, 1.807) is 0 Å². The quantitative estimate of drug-likeness (QED) is 0.608. The first-order valence-corrected chi connectivity index (χ1v) is 9.71. The minimum atomic E-state index is 0.356. The molecule has 2 nitrogen and oxygen atoms in total. The summed E-state index contributed by atoms with van der Waals surface area (Å²) in [5.74, 6) is 2.37. The summed E-state index contributed by atoms with van der Waals surface area (Å²) in [5.41, 5.74) is 2.78. The number of anilines is 1. The zero-order chi connectivity index (χ0) is 15.9. The van der Waals surface area contributed by atoms with Gasteiger partial charge >= 0.3 is 0 Å². The molecule has 0 spiro atoms. The second kappa shape index (κ2) is 5.98. The first-order chi connectivity index (χ1) is 11.9. The number of hydrogen-bond donors (Lipinski definition) is 0. The van der Waals surface area contributed by atoms with Crippen LogP contribution in [0.1, 0.15) is 5.56 Å². The van der Waals surface area contributed by atoms with Gasteiger partial charge < -0.3 is 9.64 Å². The molecule has 0 saturated carbocycles. The third kappa shape index (κ3) is 2.47. The van der Waals surface area contributed by atoms with Crippen LogP contribution >= 0.6 is 11.8 Å². The lowest BCUT2D eigenvalue weighted by Gasteiger charge is -2.23. The Morgan fingerprint density at radius 1 is 0.875 bits per heavy atom. The average Bonchev–Trinajstić information content (AvgIpc) is 3.34. The summed E-state index contributed by atoms with van der Waals surface area (Å²) in [6.07, 6.45) is 5.25. The molecule has 24 heavy (non-hydrogen) atoms. The first-order valence-electron chi connectivity index (χ1n) is 8.73. The largest absolute Gasteiger partial charge is 0.370 e. The predicted molar refractivity (Wildman–Crippen MR) is 99.4 cm³/mol. The second-order valence-electron chi connectivity index (χ2n) is 6.92. The molecule has 5 rings (SSSR count). The molecule has 4 atom stereocenters. The molecular formula is C21H21NOS. The van der Waals surface area contributed by atoms with Crippen molar-refractivity contribution in [1.29, 1.82) is 0 Å². The number of hydrogen-bond acceptors (Lipinski definition) is 3. The van der Waals surface area contributed by atoms with Crippen LogP contribution in [0.2, 0.25) is 0 Å². The topological polar surface area (TPSA) is 12.5 Å². The molecule has 0 radical (unpaired) electrons. The van der Waals surface area contributed by atoms with Crippen LogP contribution in [0.5, 0.6) is 0 Å². The van der Waals surface area contributed by atoms with E-state index in [0.29, 0.717) is 24.0 Å². The average molecular weight is 335 g/mol. The zero-order valence-electron chi connectivity index (χ0n) is 13.5. The summed E-state index contributed by atoms with van der Waals surface area (Å²) >= 11 is 1.94. The molecule has 3 heterocycles. The molecule has 122 valence electrons. The number of benzene rings is 2. The van der Waals surface area contributed by atoms with E-state index in [9.17, 15) is 0 Å². The van der Waals surface area contributed by atoms with E-state index in [2.05, 4.69) is 71.6 Å². The van der Waals surface area contributed by atoms with Crippen LogP contribution in [0.3, 0.4) is 0 Å². The first kappa shape index (κ1) is 14.6. The number of thioether (sulfide) groups is 1. The van der Waals surface area contributed by atoms with Gasteiger partial charge in [0.15, 0.2) is 0 Å². The summed E-state index contributed by atoms with van der Waals surface area (Å²) < 4.78 is 6.02. The van der Waals surface area contributed by atoms with Crippen molar-refractivity contribution in [3.8, 4) is 0 Å². The Kier molecular flexibility index (Phi) is 3.64. The van der Waals surface area contributed by atoms with Crippen molar-refractivity contribution in [2.24, 2.45) is 11.8 Å². The molecule has 2 saturated heterocycles. The highest BCUT2D eigenvalue weighted by molar-refractivity contribution is 7.98. The Labute approximate surface area is 147 Å². The van der Waals surface area contributed by atoms with E-state index < -0.39 is 0 Å². The van der Waals surface area contributed by atoms with Gasteiger partial charge in [0, 0.05) is 35.6 Å². The van der Waals surface area contributed by atoms with Crippen molar-refractivity contribution in [3.63, 3.8) is 0 Å². The highest BCUT2D eigenvalue weighted by Crippen LogP contribution is 2.46. The summed E-state index contributed by atoms with van der Waals surface area (Å²) in [4.78, 5) is 3.97. The Hall–Kier alpha value is -1.71. The van der Waals surface area contributed by atoms with Gasteiger partial charge in [0.25, 0.3) is 0 Å². The summed E-state index contributed by atoms with van der Waals surface area (Å²) in [6, 6.07) is 19.6. The molecule has 0 aromatic heterocycles. The normalized spacial score (nSPS) is 30.1. The zero-order valence-corrected chi connectivity index (χ0v) is 14.4. The van der Waals surface area contributed by atoms with Crippen molar-refractivity contribution < 1.29 is 4.74 Å². The third-order valence-corrected chi connectivity index (χ3v) is 6.64.